The first-order valence-electron chi connectivity index (χ1n) is 3.51. The quantitative estimate of drug-likeness (QED) is 0.511. The van der Waals surface area contributed by atoms with Gasteiger partial charge in [-0.25, -0.2) is 0 Å². The van der Waals surface area contributed by atoms with E-state index in [1.807, 2.05) is 13.8 Å². The minimum atomic E-state index is -4.54. The maximum Gasteiger partial charge on any atom is 1.00 e. The first-order chi connectivity index (χ1) is 4.31. The second-order valence-corrected chi connectivity index (χ2v) is 3.96. The van der Waals surface area contributed by atoms with Crippen LogP contribution in [-0.2, 0) is 0 Å². The molecule has 1 saturated carbocycles. The number of hydrogen-bond acceptors (Lipinski definition) is 0. The van der Waals surface area contributed by atoms with Crippen LogP contribution in [0.1, 0.15) is 26.7 Å². The molecular formula is C6H11BF3K. The van der Waals surface area contributed by atoms with Gasteiger partial charge in [0.1, 0.15) is 0 Å². The average molecular weight is 190 g/mol. The summed E-state index contributed by atoms with van der Waals surface area (Å²) < 4.78 is 35.7. The molecule has 0 atom stereocenters. The van der Waals surface area contributed by atoms with Crippen molar-refractivity contribution in [2.24, 2.45) is 5.41 Å². The topological polar surface area (TPSA) is 0 Å². The van der Waals surface area contributed by atoms with Gasteiger partial charge in [0.2, 0.25) is 0 Å². The van der Waals surface area contributed by atoms with E-state index in [9.17, 15) is 12.9 Å². The normalized spacial score (nSPS) is 23.7. The molecule has 0 radical (unpaired) electrons. The predicted molar refractivity (Wildman–Crippen MR) is 35.8 cm³/mol. The van der Waals surface area contributed by atoms with Crippen molar-refractivity contribution in [3.05, 3.63) is 0 Å². The van der Waals surface area contributed by atoms with Crippen LogP contribution in [0.4, 0.5) is 12.9 Å². The van der Waals surface area contributed by atoms with Gasteiger partial charge in [-0.3, -0.25) is 0 Å². The van der Waals surface area contributed by atoms with Gasteiger partial charge in [0.25, 0.3) is 0 Å². The SMILES string of the molecule is CC1(C)CC([B-](F)(F)F)C1.[K+]. The number of hydrogen-bond donors (Lipinski definition) is 0. The average Bonchev–Trinajstić information content (AvgIpc) is 1.56. The zero-order chi connectivity index (χ0) is 7.99. The Hall–Kier alpha value is 1.49. The molecule has 0 aromatic heterocycles. The maximum atomic E-state index is 11.9. The first kappa shape index (κ1) is 12.5. The summed E-state index contributed by atoms with van der Waals surface area (Å²) in [6, 6.07) is 0. The van der Waals surface area contributed by atoms with Gasteiger partial charge >= 0.3 is 58.4 Å². The zero-order valence-electron chi connectivity index (χ0n) is 7.20. The van der Waals surface area contributed by atoms with Crippen LogP contribution in [0.25, 0.3) is 0 Å². The van der Waals surface area contributed by atoms with Crippen LogP contribution in [0.3, 0.4) is 0 Å². The Bertz CT molecular complexity index is 135. The molecule has 0 unspecified atom stereocenters. The third-order valence-corrected chi connectivity index (χ3v) is 2.16. The van der Waals surface area contributed by atoms with Crippen LogP contribution in [0.5, 0.6) is 0 Å². The summed E-state index contributed by atoms with van der Waals surface area (Å²) >= 11 is 0. The molecule has 0 amide bonds. The molecule has 0 nitrogen and oxygen atoms in total. The fourth-order valence-corrected chi connectivity index (χ4v) is 1.63. The smallest absolute Gasteiger partial charge is 0.449 e. The minimum absolute atomic E-state index is 0. The van der Waals surface area contributed by atoms with Crippen molar-refractivity contribution in [1.29, 1.82) is 0 Å². The molecule has 0 N–H and O–H groups in total. The van der Waals surface area contributed by atoms with Crippen molar-refractivity contribution in [3.8, 4) is 0 Å². The van der Waals surface area contributed by atoms with E-state index >= 15 is 0 Å². The third-order valence-electron chi connectivity index (χ3n) is 2.16. The van der Waals surface area contributed by atoms with Gasteiger partial charge in [-0.2, -0.15) is 0 Å². The molecular weight excluding hydrogens is 179 g/mol. The predicted octanol–water partition coefficient (Wildman–Crippen LogP) is 0.0280. The van der Waals surface area contributed by atoms with Gasteiger partial charge in [-0.05, 0) is 5.41 Å². The summed E-state index contributed by atoms with van der Waals surface area (Å²) in [5, 5.41) is 0. The Morgan fingerprint density at radius 2 is 1.55 bits per heavy atom. The second kappa shape index (κ2) is 3.70. The van der Waals surface area contributed by atoms with Crippen molar-refractivity contribution in [3.63, 3.8) is 0 Å². The molecule has 0 aromatic rings. The van der Waals surface area contributed by atoms with E-state index in [4.69, 9.17) is 0 Å². The van der Waals surface area contributed by atoms with Crippen molar-refractivity contribution in [1.82, 2.24) is 0 Å². The summed E-state index contributed by atoms with van der Waals surface area (Å²) in [5.74, 6) is -0.963. The Labute approximate surface area is 108 Å². The molecule has 11 heavy (non-hydrogen) atoms. The summed E-state index contributed by atoms with van der Waals surface area (Å²) in [7, 11) is 0. The van der Waals surface area contributed by atoms with Crippen LogP contribution >= 0.6 is 0 Å². The van der Waals surface area contributed by atoms with Crippen molar-refractivity contribution < 1.29 is 64.3 Å². The van der Waals surface area contributed by atoms with Crippen molar-refractivity contribution in [2.75, 3.05) is 0 Å². The summed E-state index contributed by atoms with van der Waals surface area (Å²) in [6.45, 7) is -0.780. The van der Waals surface area contributed by atoms with Crippen LogP contribution in [-0.4, -0.2) is 6.98 Å². The maximum absolute atomic E-state index is 11.9. The largest absolute Gasteiger partial charge is 1.00 e. The monoisotopic (exact) mass is 190 g/mol. The van der Waals surface area contributed by atoms with Crippen molar-refractivity contribution in [2.45, 2.75) is 32.5 Å². The molecule has 0 heterocycles. The second-order valence-electron chi connectivity index (χ2n) is 3.96. The summed E-state index contributed by atoms with van der Waals surface area (Å²) in [6.07, 6.45) is 0.660. The molecule has 60 valence electrons. The first-order valence-corrected chi connectivity index (χ1v) is 3.51. The third kappa shape index (κ3) is 3.38. The summed E-state index contributed by atoms with van der Waals surface area (Å²) in [5.41, 5.74) is -0.0536. The van der Waals surface area contributed by atoms with Crippen molar-refractivity contribution >= 4 is 6.98 Å². The zero-order valence-corrected chi connectivity index (χ0v) is 10.3. The molecule has 1 rings (SSSR count). The molecule has 5 heteroatoms. The van der Waals surface area contributed by atoms with E-state index < -0.39 is 12.8 Å². The van der Waals surface area contributed by atoms with Gasteiger partial charge in [-0.1, -0.05) is 32.5 Å². The Balaban J connectivity index is 0.000001000. The number of halogens is 3. The van der Waals surface area contributed by atoms with E-state index in [-0.39, 0.29) is 56.8 Å². The Morgan fingerprint density at radius 1 is 1.18 bits per heavy atom. The van der Waals surface area contributed by atoms with Crippen LogP contribution in [0.2, 0.25) is 5.82 Å². The molecule has 0 bridgehead atoms. The van der Waals surface area contributed by atoms with Crippen LogP contribution in [0.15, 0.2) is 0 Å². The van der Waals surface area contributed by atoms with Crippen LogP contribution in [0, 0.1) is 5.41 Å². The number of rotatable bonds is 1. The standard InChI is InChI=1S/C6H11BF3.K/c1-6(2)3-5(4-6)7(8,9)10;/h5H,3-4H2,1-2H3;/q-1;+1. The van der Waals surface area contributed by atoms with Gasteiger partial charge in [0, 0.05) is 0 Å². The molecule has 0 aromatic carbocycles. The molecule has 0 aliphatic heterocycles. The van der Waals surface area contributed by atoms with E-state index in [1.54, 1.807) is 0 Å². The van der Waals surface area contributed by atoms with Gasteiger partial charge in [0.05, 0.1) is 0 Å². The van der Waals surface area contributed by atoms with E-state index in [1.165, 1.54) is 0 Å². The molecule has 1 aliphatic carbocycles. The van der Waals surface area contributed by atoms with Gasteiger partial charge in [-0.15, -0.1) is 0 Å². The Morgan fingerprint density at radius 3 is 1.64 bits per heavy atom. The molecule has 1 fully saturated rings. The van der Waals surface area contributed by atoms with E-state index in [0.29, 0.717) is 12.8 Å². The molecule has 0 spiro atoms. The molecule has 1 aliphatic rings. The fraction of sp³-hybridized carbons (Fsp3) is 1.00. The van der Waals surface area contributed by atoms with Gasteiger partial charge < -0.3 is 12.9 Å². The van der Waals surface area contributed by atoms with Gasteiger partial charge in [0.15, 0.2) is 0 Å². The molecule has 0 saturated heterocycles. The Kier molecular flexibility index (Phi) is 4.20. The minimum Gasteiger partial charge on any atom is -0.449 e. The van der Waals surface area contributed by atoms with E-state index in [2.05, 4.69) is 0 Å². The fourth-order valence-electron chi connectivity index (χ4n) is 1.63. The van der Waals surface area contributed by atoms with Crippen LogP contribution < -0.4 is 51.4 Å². The summed E-state index contributed by atoms with van der Waals surface area (Å²) in [4.78, 5) is 0. The van der Waals surface area contributed by atoms with E-state index in [0.717, 1.165) is 0 Å².